The van der Waals surface area contributed by atoms with Crippen molar-refractivity contribution in [2.24, 2.45) is 7.05 Å². The van der Waals surface area contributed by atoms with Crippen molar-refractivity contribution in [2.45, 2.75) is 6.92 Å². The molecule has 0 fully saturated rings. The number of imidazole rings is 1. The van der Waals surface area contributed by atoms with Gasteiger partial charge >= 0.3 is 0 Å². The first-order chi connectivity index (χ1) is 4.79. The zero-order chi connectivity index (χ0) is 7.14. The molecule has 0 spiro atoms. The smallest absolute Gasteiger partial charge is 0.152 e. The fourth-order valence-corrected chi connectivity index (χ4v) is 1.26. The highest BCUT2D eigenvalue weighted by Gasteiger charge is 2.05. The summed E-state index contributed by atoms with van der Waals surface area (Å²) < 4.78 is 4.24. The maximum absolute atomic E-state index is 2.12. The van der Waals surface area contributed by atoms with Gasteiger partial charge in [0, 0.05) is 5.69 Å². The molecule has 0 saturated heterocycles. The third-order valence-electron chi connectivity index (χ3n) is 1.98. The molecule has 2 heterocycles. The summed E-state index contributed by atoms with van der Waals surface area (Å²) in [5, 5.41) is 0. The van der Waals surface area contributed by atoms with Crippen LogP contribution in [0.15, 0.2) is 24.7 Å². The molecule has 0 N–H and O–H groups in total. The van der Waals surface area contributed by atoms with Crippen molar-refractivity contribution in [3.8, 4) is 5.69 Å². The number of fused-ring (bicyclic) bond motifs is 1. The van der Waals surface area contributed by atoms with E-state index in [-0.39, 0.29) is 0 Å². The van der Waals surface area contributed by atoms with Gasteiger partial charge in [0.15, 0.2) is 6.33 Å². The zero-order valence-corrected chi connectivity index (χ0v) is 6.20. The molecule has 2 heteroatoms. The second-order valence-electron chi connectivity index (χ2n) is 2.61. The monoisotopic (exact) mass is 134 g/mol. The Hall–Kier alpha value is -1.18. The Morgan fingerprint density at radius 3 is 3.10 bits per heavy atom. The Morgan fingerprint density at radius 1 is 1.60 bits per heavy atom. The second kappa shape index (κ2) is 1.66. The normalized spacial score (nSPS) is 11.0. The van der Waals surface area contributed by atoms with Crippen LogP contribution in [-0.2, 0) is 7.05 Å². The van der Waals surface area contributed by atoms with Crippen LogP contribution in [0.5, 0.6) is 0 Å². The molecular weight excluding hydrogens is 124 g/mol. The van der Waals surface area contributed by atoms with E-state index in [4.69, 9.17) is 0 Å². The highest BCUT2D eigenvalue weighted by Crippen LogP contribution is 2.07. The van der Waals surface area contributed by atoms with Gasteiger partial charge in [0.05, 0.1) is 18.9 Å². The molecule has 2 aliphatic rings. The highest BCUT2D eigenvalue weighted by atomic mass is 15.1. The fourth-order valence-electron chi connectivity index (χ4n) is 1.26. The predicted molar refractivity (Wildman–Crippen MR) is 38.5 cm³/mol. The lowest BCUT2D eigenvalue weighted by atomic mass is 10.4. The predicted octanol–water partition coefficient (Wildman–Crippen LogP) is 0.767. The maximum Gasteiger partial charge on any atom is 0.152 e. The van der Waals surface area contributed by atoms with Gasteiger partial charge in [0.1, 0.15) is 0 Å². The van der Waals surface area contributed by atoms with Crippen molar-refractivity contribution in [1.29, 1.82) is 0 Å². The van der Waals surface area contributed by atoms with E-state index < -0.39 is 0 Å². The van der Waals surface area contributed by atoms with Crippen LogP contribution in [0.3, 0.4) is 0 Å². The summed E-state index contributed by atoms with van der Waals surface area (Å²) in [5.74, 6) is 0. The molecule has 0 atom stereocenters. The molecular formula is C8H10N2. The molecule has 0 saturated carbocycles. The quantitative estimate of drug-likeness (QED) is 0.371. The Balaban J connectivity index is 2.80. The third-order valence-corrected chi connectivity index (χ3v) is 1.98. The van der Waals surface area contributed by atoms with Crippen molar-refractivity contribution in [1.82, 2.24) is 4.57 Å². The lowest BCUT2D eigenvalue weighted by Crippen LogP contribution is -2.23. The van der Waals surface area contributed by atoms with E-state index in [1.807, 2.05) is 0 Å². The molecule has 2 nitrogen and oxygen atoms in total. The van der Waals surface area contributed by atoms with E-state index in [2.05, 4.69) is 47.8 Å². The van der Waals surface area contributed by atoms with Crippen molar-refractivity contribution >= 4 is 0 Å². The van der Waals surface area contributed by atoms with Gasteiger partial charge in [-0.25, -0.2) is 0 Å². The molecule has 0 amide bonds. The lowest BCUT2D eigenvalue weighted by Gasteiger charge is -1.92. The first kappa shape index (κ1) is 5.59. The molecule has 2 aliphatic heterocycles. The second-order valence-corrected chi connectivity index (χ2v) is 2.61. The Kier molecular flexibility index (Phi) is 0.926. The summed E-state index contributed by atoms with van der Waals surface area (Å²) in [6, 6.07) is 4.18. The summed E-state index contributed by atoms with van der Waals surface area (Å²) >= 11 is 0. The topological polar surface area (TPSA) is 8.81 Å². The summed E-state index contributed by atoms with van der Waals surface area (Å²) in [7, 11) is 2.06. The van der Waals surface area contributed by atoms with Crippen LogP contribution in [-0.4, -0.2) is 4.57 Å². The van der Waals surface area contributed by atoms with Gasteiger partial charge in [-0.3, -0.25) is 4.57 Å². The van der Waals surface area contributed by atoms with E-state index >= 15 is 0 Å². The first-order valence-corrected chi connectivity index (χ1v) is 3.37. The van der Waals surface area contributed by atoms with Gasteiger partial charge in [-0.15, -0.1) is 6.07 Å². The summed E-state index contributed by atoms with van der Waals surface area (Å²) in [6.45, 7) is 2.12. The van der Waals surface area contributed by atoms with Gasteiger partial charge in [-0.05, 0) is 6.92 Å². The van der Waals surface area contributed by atoms with Crippen LogP contribution < -0.4 is 4.57 Å². The lowest BCUT2D eigenvalue weighted by molar-refractivity contribution is -0.591. The van der Waals surface area contributed by atoms with Crippen LogP contribution in [0.1, 0.15) is 5.69 Å². The van der Waals surface area contributed by atoms with E-state index in [1.54, 1.807) is 0 Å². The van der Waals surface area contributed by atoms with Crippen LogP contribution in [0.4, 0.5) is 0 Å². The zero-order valence-electron chi connectivity index (χ0n) is 6.20. The fraction of sp³-hybridized carbons (Fsp3) is 0.250. The number of hydrogen-bond acceptors (Lipinski definition) is 0. The van der Waals surface area contributed by atoms with Gasteiger partial charge in [0.2, 0.25) is 0 Å². The van der Waals surface area contributed by atoms with Crippen molar-refractivity contribution in [3.05, 3.63) is 30.4 Å². The summed E-state index contributed by atoms with van der Waals surface area (Å²) in [4.78, 5) is 0. The molecule has 0 unspecified atom stereocenters. The number of rotatable bonds is 0. The standard InChI is InChI=1S/C8H10N2/c1-7-8-4-3-5-10(8)6-9(7)2/h3-6H,1-2H3. The Bertz CT molecular complexity index is 316. The molecule has 0 aromatic rings. The summed E-state index contributed by atoms with van der Waals surface area (Å²) in [5.41, 5.74) is 2.60. The molecule has 0 aromatic heterocycles. The Labute approximate surface area is 60.0 Å². The Morgan fingerprint density at radius 2 is 2.40 bits per heavy atom. The van der Waals surface area contributed by atoms with Crippen LogP contribution in [0.2, 0.25) is 0 Å². The molecule has 0 aromatic carbocycles. The average molecular weight is 134 g/mol. The van der Waals surface area contributed by atoms with Crippen molar-refractivity contribution in [2.75, 3.05) is 0 Å². The minimum absolute atomic E-state index is 1.29. The average Bonchev–Trinajstić information content (AvgIpc) is 2.41. The van der Waals surface area contributed by atoms with E-state index in [9.17, 15) is 0 Å². The number of aromatic nitrogens is 2. The van der Waals surface area contributed by atoms with Gasteiger partial charge < -0.3 is 4.57 Å². The highest BCUT2D eigenvalue weighted by molar-refractivity contribution is 5.27. The van der Waals surface area contributed by atoms with Crippen molar-refractivity contribution in [3.63, 3.8) is 0 Å². The van der Waals surface area contributed by atoms with Crippen LogP contribution in [0, 0.1) is 6.92 Å². The van der Waals surface area contributed by atoms with Crippen molar-refractivity contribution < 1.29 is 4.57 Å². The van der Waals surface area contributed by atoms with Gasteiger partial charge in [-0.1, -0.05) is 6.07 Å². The minimum atomic E-state index is 1.29. The first-order valence-electron chi connectivity index (χ1n) is 3.37. The van der Waals surface area contributed by atoms with Gasteiger partial charge in [0.25, 0.3) is 0 Å². The maximum atomic E-state index is 2.12. The van der Waals surface area contributed by atoms with Crippen LogP contribution in [0.25, 0.3) is 5.69 Å². The largest absolute Gasteiger partial charge is 0.342 e. The molecule has 2 rings (SSSR count). The number of aryl methyl sites for hydroxylation is 1. The SMILES string of the molecule is C[c-]1c2ccc[n+]-2cn1C. The van der Waals surface area contributed by atoms with Crippen LogP contribution >= 0.6 is 0 Å². The molecule has 0 aliphatic carbocycles. The van der Waals surface area contributed by atoms with E-state index in [1.165, 1.54) is 11.4 Å². The molecule has 0 bridgehead atoms. The molecule has 10 heavy (non-hydrogen) atoms. The van der Waals surface area contributed by atoms with Gasteiger partial charge in [-0.2, -0.15) is 0 Å². The number of hydrogen-bond donors (Lipinski definition) is 0. The molecule has 52 valence electrons. The minimum Gasteiger partial charge on any atom is -0.342 e. The number of nitrogens with zero attached hydrogens (tertiary/aromatic N) is 2. The summed E-state index contributed by atoms with van der Waals surface area (Å²) in [6.07, 6.45) is 4.13. The van der Waals surface area contributed by atoms with E-state index in [0.29, 0.717) is 0 Å². The molecule has 0 radical (unpaired) electrons. The third kappa shape index (κ3) is 0.533. The van der Waals surface area contributed by atoms with E-state index in [0.717, 1.165) is 0 Å².